The summed E-state index contributed by atoms with van der Waals surface area (Å²) >= 11 is 6.72. The molecule has 0 aliphatic heterocycles. The van der Waals surface area contributed by atoms with Gasteiger partial charge in [0.05, 0.1) is 12.0 Å². The number of nitrogens with one attached hydrogen (secondary N) is 1. The summed E-state index contributed by atoms with van der Waals surface area (Å²) < 4.78 is 5.30. The van der Waals surface area contributed by atoms with Crippen molar-refractivity contribution in [3.8, 4) is 0 Å². The molecule has 0 unspecified atom stereocenters. The molecule has 1 aromatic carbocycles. The third-order valence-corrected chi connectivity index (χ3v) is 4.89. The molecule has 0 aliphatic rings. The van der Waals surface area contributed by atoms with Gasteiger partial charge in [-0.2, -0.15) is 0 Å². The van der Waals surface area contributed by atoms with E-state index in [0.29, 0.717) is 5.69 Å². The number of hydrogen-bond acceptors (Lipinski definition) is 4. The van der Waals surface area contributed by atoms with Crippen LogP contribution >= 0.6 is 31.9 Å². The van der Waals surface area contributed by atoms with Crippen LogP contribution in [0.1, 0.15) is 0 Å². The number of aromatic nitrogens is 4. The van der Waals surface area contributed by atoms with E-state index in [9.17, 15) is 14.4 Å². The molecule has 0 aliphatic carbocycles. The molecule has 0 atom stereocenters. The molecule has 2 heterocycles. The summed E-state index contributed by atoms with van der Waals surface area (Å²) in [6.45, 7) is -0.105. The Morgan fingerprint density at radius 2 is 1.92 bits per heavy atom. The highest BCUT2D eigenvalue weighted by Gasteiger charge is 2.16. The molecule has 0 saturated heterocycles. The molecule has 3 aromatic rings. The van der Waals surface area contributed by atoms with Gasteiger partial charge in [0.1, 0.15) is 6.54 Å². The largest absolute Gasteiger partial charge is 0.332 e. The second-order valence-corrected chi connectivity index (χ2v) is 7.19. The minimum atomic E-state index is -0.492. The van der Waals surface area contributed by atoms with Crippen LogP contribution in [0.2, 0.25) is 0 Å². The summed E-state index contributed by atoms with van der Waals surface area (Å²) in [4.78, 5) is 40.7. The number of nitrogens with zero attached hydrogens (tertiary/aromatic N) is 4. The molecular weight excluding hydrogens is 458 g/mol. The lowest BCUT2D eigenvalue weighted by molar-refractivity contribution is -0.116. The number of hydrogen-bond donors (Lipinski definition) is 1. The molecule has 0 bridgehead atoms. The molecular formula is C15H13Br2N5O3. The van der Waals surface area contributed by atoms with Crippen LogP contribution in [0.5, 0.6) is 0 Å². The Hall–Kier alpha value is -2.20. The number of fused-ring (bicyclic) bond motifs is 1. The maximum atomic E-state index is 12.4. The van der Waals surface area contributed by atoms with Crippen LogP contribution in [0.15, 0.2) is 43.1 Å². The summed E-state index contributed by atoms with van der Waals surface area (Å²) in [5.74, 6) is -0.321. The van der Waals surface area contributed by atoms with Gasteiger partial charge in [0.15, 0.2) is 11.2 Å². The third kappa shape index (κ3) is 3.19. The average Bonchev–Trinajstić information content (AvgIpc) is 2.97. The first-order chi connectivity index (χ1) is 11.8. The SMILES string of the molecule is Cn1c(=O)c2c(ncn2CC(=O)Nc2ccc(Br)cc2Br)n(C)c1=O. The van der Waals surface area contributed by atoms with E-state index in [2.05, 4.69) is 42.2 Å². The Morgan fingerprint density at radius 3 is 2.60 bits per heavy atom. The van der Waals surface area contributed by atoms with E-state index in [-0.39, 0.29) is 23.6 Å². The van der Waals surface area contributed by atoms with Crippen molar-refractivity contribution in [2.45, 2.75) is 6.54 Å². The molecule has 0 radical (unpaired) electrons. The van der Waals surface area contributed by atoms with Gasteiger partial charge >= 0.3 is 5.69 Å². The van der Waals surface area contributed by atoms with E-state index >= 15 is 0 Å². The van der Waals surface area contributed by atoms with Crippen LogP contribution in [0.3, 0.4) is 0 Å². The van der Waals surface area contributed by atoms with Gasteiger partial charge < -0.3 is 9.88 Å². The first kappa shape index (κ1) is 17.6. The van der Waals surface area contributed by atoms with Crippen molar-refractivity contribution in [1.29, 1.82) is 0 Å². The fraction of sp³-hybridized carbons (Fsp3) is 0.200. The van der Waals surface area contributed by atoms with E-state index in [0.717, 1.165) is 13.5 Å². The molecule has 0 fully saturated rings. The first-order valence-corrected chi connectivity index (χ1v) is 8.74. The van der Waals surface area contributed by atoms with Crippen LogP contribution in [0.25, 0.3) is 11.2 Å². The van der Waals surface area contributed by atoms with Gasteiger partial charge in [-0.1, -0.05) is 15.9 Å². The number of imidazole rings is 1. The lowest BCUT2D eigenvalue weighted by Gasteiger charge is -2.09. The summed E-state index contributed by atoms with van der Waals surface area (Å²) in [5, 5.41) is 2.77. The van der Waals surface area contributed by atoms with E-state index < -0.39 is 11.2 Å². The van der Waals surface area contributed by atoms with Crippen molar-refractivity contribution in [1.82, 2.24) is 18.7 Å². The zero-order chi connectivity index (χ0) is 18.3. The van der Waals surface area contributed by atoms with Crippen molar-refractivity contribution in [3.63, 3.8) is 0 Å². The summed E-state index contributed by atoms with van der Waals surface area (Å²) in [5.41, 5.74) is 0.0949. The van der Waals surface area contributed by atoms with Crippen LogP contribution in [0.4, 0.5) is 5.69 Å². The Bertz CT molecular complexity index is 1110. The number of carbonyl (C=O) groups excluding carboxylic acids is 1. The lowest BCUT2D eigenvalue weighted by Crippen LogP contribution is -2.37. The van der Waals surface area contributed by atoms with Crippen LogP contribution in [-0.4, -0.2) is 24.6 Å². The van der Waals surface area contributed by atoms with Crippen molar-refractivity contribution in [3.05, 3.63) is 54.3 Å². The molecule has 2 aromatic heterocycles. The minimum Gasteiger partial charge on any atom is -0.324 e. The smallest absolute Gasteiger partial charge is 0.324 e. The summed E-state index contributed by atoms with van der Waals surface area (Å²) in [6, 6.07) is 5.37. The molecule has 3 rings (SSSR count). The van der Waals surface area contributed by atoms with Gasteiger partial charge in [-0.3, -0.25) is 18.7 Å². The fourth-order valence-corrected chi connectivity index (χ4v) is 3.60. The van der Waals surface area contributed by atoms with E-state index in [1.165, 1.54) is 29.6 Å². The number of rotatable bonds is 3. The Morgan fingerprint density at radius 1 is 1.20 bits per heavy atom. The number of benzene rings is 1. The number of halogens is 2. The minimum absolute atomic E-state index is 0.105. The molecule has 0 saturated carbocycles. The van der Waals surface area contributed by atoms with Crippen LogP contribution in [-0.2, 0) is 25.4 Å². The first-order valence-electron chi connectivity index (χ1n) is 7.15. The van der Waals surface area contributed by atoms with E-state index in [1.54, 1.807) is 12.1 Å². The van der Waals surface area contributed by atoms with Gasteiger partial charge in [-0.05, 0) is 34.1 Å². The van der Waals surface area contributed by atoms with Crippen LogP contribution in [0, 0.1) is 0 Å². The van der Waals surface area contributed by atoms with Gasteiger partial charge in [0.25, 0.3) is 5.56 Å². The van der Waals surface area contributed by atoms with Crippen molar-refractivity contribution < 1.29 is 4.79 Å². The molecule has 25 heavy (non-hydrogen) atoms. The maximum Gasteiger partial charge on any atom is 0.332 e. The second-order valence-electron chi connectivity index (χ2n) is 5.42. The summed E-state index contributed by atoms with van der Waals surface area (Å²) in [7, 11) is 2.92. The number of aryl methyl sites for hydroxylation is 1. The van der Waals surface area contributed by atoms with Crippen molar-refractivity contribution >= 4 is 54.6 Å². The average molecular weight is 471 g/mol. The molecule has 10 heteroatoms. The molecule has 1 amide bonds. The number of amides is 1. The van der Waals surface area contributed by atoms with E-state index in [4.69, 9.17) is 0 Å². The topological polar surface area (TPSA) is 90.9 Å². The highest BCUT2D eigenvalue weighted by atomic mass is 79.9. The summed E-state index contributed by atoms with van der Waals surface area (Å²) in [6.07, 6.45) is 1.38. The van der Waals surface area contributed by atoms with Gasteiger partial charge in [-0.15, -0.1) is 0 Å². The van der Waals surface area contributed by atoms with Crippen molar-refractivity contribution in [2.75, 3.05) is 5.32 Å². The Labute approximate surface area is 158 Å². The Balaban J connectivity index is 1.94. The molecule has 0 spiro atoms. The molecule has 8 nitrogen and oxygen atoms in total. The zero-order valence-corrected chi connectivity index (χ0v) is 16.5. The highest BCUT2D eigenvalue weighted by molar-refractivity contribution is 9.11. The quantitative estimate of drug-likeness (QED) is 0.629. The van der Waals surface area contributed by atoms with E-state index in [1.807, 2.05) is 6.07 Å². The van der Waals surface area contributed by atoms with Crippen molar-refractivity contribution in [2.24, 2.45) is 14.1 Å². The predicted octanol–water partition coefficient (Wildman–Crippen LogP) is 1.60. The normalized spacial score (nSPS) is 11.0. The number of anilines is 1. The second kappa shape index (κ2) is 6.60. The molecule has 1 N–H and O–H groups in total. The standard InChI is InChI=1S/C15H13Br2N5O3/c1-20-13-12(14(24)21(2)15(20)25)22(7-18-13)6-11(23)19-10-4-3-8(16)5-9(10)17/h3-5,7H,6H2,1-2H3,(H,19,23). The third-order valence-electron chi connectivity index (χ3n) is 3.74. The zero-order valence-electron chi connectivity index (χ0n) is 13.3. The lowest BCUT2D eigenvalue weighted by atomic mass is 10.3. The van der Waals surface area contributed by atoms with Crippen LogP contribution < -0.4 is 16.6 Å². The molecule has 130 valence electrons. The van der Waals surface area contributed by atoms with Gasteiger partial charge in [-0.25, -0.2) is 9.78 Å². The van der Waals surface area contributed by atoms with Gasteiger partial charge in [0.2, 0.25) is 5.91 Å². The number of carbonyl (C=O) groups is 1. The highest BCUT2D eigenvalue weighted by Crippen LogP contribution is 2.26. The maximum absolute atomic E-state index is 12.4. The Kier molecular flexibility index (Phi) is 4.65. The monoisotopic (exact) mass is 469 g/mol. The fourth-order valence-electron chi connectivity index (χ4n) is 2.45. The van der Waals surface area contributed by atoms with Gasteiger partial charge in [0, 0.05) is 23.0 Å². The predicted molar refractivity (Wildman–Crippen MR) is 101 cm³/mol.